The van der Waals surface area contributed by atoms with Crippen LogP contribution < -0.4 is 16.6 Å². The Kier molecular flexibility index (Phi) is 4.98. The summed E-state index contributed by atoms with van der Waals surface area (Å²) in [6.45, 7) is 0.118. The fourth-order valence-corrected chi connectivity index (χ4v) is 2.22. The van der Waals surface area contributed by atoms with Crippen LogP contribution in [0.3, 0.4) is 0 Å². The van der Waals surface area contributed by atoms with E-state index in [2.05, 4.69) is 26.2 Å². The summed E-state index contributed by atoms with van der Waals surface area (Å²) >= 11 is 8.85. The van der Waals surface area contributed by atoms with E-state index in [0.29, 0.717) is 11.6 Å². The third kappa shape index (κ3) is 4.30. The van der Waals surface area contributed by atoms with E-state index in [-0.39, 0.29) is 16.9 Å². The van der Waals surface area contributed by atoms with Crippen LogP contribution in [0, 0.1) is 0 Å². The van der Waals surface area contributed by atoms with Crippen molar-refractivity contribution in [2.45, 2.75) is 13.1 Å². The number of carbonyl (C=O) groups is 1. The molecule has 0 saturated heterocycles. The Bertz CT molecular complexity index is 785. The highest BCUT2D eigenvalue weighted by molar-refractivity contribution is 9.10. The molecule has 0 aliphatic rings. The third-order valence-corrected chi connectivity index (χ3v) is 3.46. The topological polar surface area (TPSA) is 84.0 Å². The van der Waals surface area contributed by atoms with E-state index in [1.54, 1.807) is 18.2 Å². The van der Waals surface area contributed by atoms with Gasteiger partial charge in [0.05, 0.1) is 4.47 Å². The first-order chi connectivity index (χ1) is 9.95. The minimum atomic E-state index is -0.638. The lowest BCUT2D eigenvalue weighted by atomic mass is 10.2. The highest BCUT2D eigenvalue weighted by Gasteiger charge is 2.07. The summed E-state index contributed by atoms with van der Waals surface area (Å²) in [5.74, 6) is -0.351. The number of H-pyrrole nitrogens is 1. The van der Waals surface area contributed by atoms with Gasteiger partial charge < -0.3 is 5.32 Å². The van der Waals surface area contributed by atoms with Crippen molar-refractivity contribution in [3.8, 4) is 0 Å². The Balaban J connectivity index is 2.01. The summed E-state index contributed by atoms with van der Waals surface area (Å²) in [4.78, 5) is 36.6. The minimum Gasteiger partial charge on any atom is -0.350 e. The summed E-state index contributed by atoms with van der Waals surface area (Å²) in [6, 6.07) is 7.09. The van der Waals surface area contributed by atoms with Crippen molar-refractivity contribution in [1.29, 1.82) is 0 Å². The number of carbonyl (C=O) groups excluding carboxylic acids is 1. The number of rotatable bonds is 4. The zero-order chi connectivity index (χ0) is 15.4. The van der Waals surface area contributed by atoms with Crippen LogP contribution >= 0.6 is 27.5 Å². The molecule has 1 aromatic heterocycles. The quantitative estimate of drug-likeness (QED) is 0.848. The summed E-state index contributed by atoms with van der Waals surface area (Å²) in [6.07, 6.45) is 1.28. The maximum atomic E-state index is 11.8. The molecule has 0 aliphatic carbocycles. The van der Waals surface area contributed by atoms with Crippen LogP contribution in [0.2, 0.25) is 5.02 Å². The van der Waals surface area contributed by atoms with E-state index in [9.17, 15) is 14.4 Å². The maximum absolute atomic E-state index is 11.8. The van der Waals surface area contributed by atoms with E-state index in [0.717, 1.165) is 10.1 Å². The first-order valence-electron chi connectivity index (χ1n) is 5.96. The molecule has 21 heavy (non-hydrogen) atoms. The number of nitrogens with one attached hydrogen (secondary N) is 2. The van der Waals surface area contributed by atoms with Crippen molar-refractivity contribution < 1.29 is 4.79 Å². The first-order valence-corrected chi connectivity index (χ1v) is 7.13. The highest BCUT2D eigenvalue weighted by atomic mass is 79.9. The molecule has 0 saturated carbocycles. The summed E-state index contributed by atoms with van der Waals surface area (Å²) < 4.78 is 1.29. The molecular formula is C13H11BrClN3O3. The zero-order valence-electron chi connectivity index (χ0n) is 10.7. The lowest BCUT2D eigenvalue weighted by molar-refractivity contribution is -0.121. The van der Waals surface area contributed by atoms with E-state index in [1.807, 2.05) is 6.07 Å². The molecule has 1 aromatic carbocycles. The molecule has 6 nitrogen and oxygen atoms in total. The molecule has 110 valence electrons. The molecule has 2 aromatic rings. The lowest BCUT2D eigenvalue weighted by Gasteiger charge is -2.07. The second-order valence-electron chi connectivity index (χ2n) is 4.27. The standard InChI is InChI=1S/C13H11BrClN3O3/c14-10-6-18(13(21)17-12(10)20)7-11(19)16-5-8-2-1-3-9(15)4-8/h1-4,6H,5,7H2,(H,16,19)(H,17,20,21). The first kappa shape index (κ1) is 15.5. The molecule has 0 spiro atoms. The van der Waals surface area contributed by atoms with Crippen LogP contribution in [0.5, 0.6) is 0 Å². The van der Waals surface area contributed by atoms with Crippen molar-refractivity contribution in [2.24, 2.45) is 0 Å². The fourth-order valence-electron chi connectivity index (χ4n) is 1.66. The van der Waals surface area contributed by atoms with Gasteiger partial charge in [-0.05, 0) is 33.6 Å². The number of halogens is 2. The van der Waals surface area contributed by atoms with Gasteiger partial charge in [-0.2, -0.15) is 0 Å². The van der Waals surface area contributed by atoms with E-state index < -0.39 is 11.2 Å². The van der Waals surface area contributed by atoms with Gasteiger partial charge in [0.25, 0.3) is 5.56 Å². The number of aromatic nitrogens is 2. The van der Waals surface area contributed by atoms with Gasteiger partial charge in [0.1, 0.15) is 6.54 Å². The largest absolute Gasteiger partial charge is 0.350 e. The van der Waals surface area contributed by atoms with Gasteiger partial charge in [0.15, 0.2) is 0 Å². The van der Waals surface area contributed by atoms with Crippen molar-refractivity contribution in [3.63, 3.8) is 0 Å². The van der Waals surface area contributed by atoms with Crippen LogP contribution in [-0.2, 0) is 17.9 Å². The van der Waals surface area contributed by atoms with E-state index in [1.165, 1.54) is 6.20 Å². The molecule has 8 heteroatoms. The molecule has 1 heterocycles. The molecule has 1 amide bonds. The zero-order valence-corrected chi connectivity index (χ0v) is 13.1. The summed E-state index contributed by atoms with van der Waals surface area (Å²) in [5.41, 5.74) is -0.317. The maximum Gasteiger partial charge on any atom is 0.328 e. The van der Waals surface area contributed by atoms with Crippen LogP contribution in [0.25, 0.3) is 0 Å². The average Bonchev–Trinajstić information content (AvgIpc) is 2.43. The SMILES string of the molecule is O=C(Cn1cc(Br)c(=O)[nH]c1=O)NCc1cccc(Cl)c1. The van der Waals surface area contributed by atoms with Crippen LogP contribution in [-0.4, -0.2) is 15.5 Å². The molecule has 0 atom stereocenters. The Morgan fingerprint density at radius 3 is 2.86 bits per heavy atom. The Morgan fingerprint density at radius 1 is 1.38 bits per heavy atom. The molecule has 2 rings (SSSR count). The van der Waals surface area contributed by atoms with Crippen LogP contribution in [0.15, 0.2) is 44.5 Å². The van der Waals surface area contributed by atoms with Gasteiger partial charge >= 0.3 is 5.69 Å². The fraction of sp³-hybridized carbons (Fsp3) is 0.154. The van der Waals surface area contributed by atoms with Crippen molar-refractivity contribution in [1.82, 2.24) is 14.9 Å². The smallest absolute Gasteiger partial charge is 0.328 e. The molecule has 0 bridgehead atoms. The number of hydrogen-bond acceptors (Lipinski definition) is 3. The molecule has 0 unspecified atom stereocenters. The predicted octanol–water partition coefficient (Wildman–Crippen LogP) is 1.27. The van der Waals surface area contributed by atoms with Gasteiger partial charge in [-0.15, -0.1) is 0 Å². The van der Waals surface area contributed by atoms with Crippen molar-refractivity contribution >= 4 is 33.4 Å². The lowest BCUT2D eigenvalue weighted by Crippen LogP contribution is -2.35. The second-order valence-corrected chi connectivity index (χ2v) is 5.56. The predicted molar refractivity (Wildman–Crippen MR) is 82.3 cm³/mol. The second kappa shape index (κ2) is 6.73. The number of aromatic amines is 1. The number of nitrogens with zero attached hydrogens (tertiary/aromatic N) is 1. The van der Waals surface area contributed by atoms with E-state index >= 15 is 0 Å². The third-order valence-electron chi connectivity index (χ3n) is 2.66. The molecular weight excluding hydrogens is 362 g/mol. The summed E-state index contributed by atoms with van der Waals surface area (Å²) in [7, 11) is 0. The molecule has 0 fully saturated rings. The van der Waals surface area contributed by atoms with Gasteiger partial charge in [-0.3, -0.25) is 19.1 Å². The molecule has 0 radical (unpaired) electrons. The average molecular weight is 373 g/mol. The number of hydrogen-bond donors (Lipinski definition) is 2. The number of benzene rings is 1. The van der Waals surface area contributed by atoms with Gasteiger partial charge in [-0.1, -0.05) is 23.7 Å². The Labute approximate surface area is 132 Å². The highest BCUT2D eigenvalue weighted by Crippen LogP contribution is 2.10. The Morgan fingerprint density at radius 2 is 2.14 bits per heavy atom. The monoisotopic (exact) mass is 371 g/mol. The van der Waals surface area contributed by atoms with Crippen LogP contribution in [0.1, 0.15) is 5.56 Å². The Hall–Kier alpha value is -1.86. The summed E-state index contributed by atoms with van der Waals surface area (Å²) in [5, 5.41) is 3.26. The van der Waals surface area contributed by atoms with Crippen LogP contribution in [0.4, 0.5) is 0 Å². The van der Waals surface area contributed by atoms with Gasteiger partial charge in [0, 0.05) is 17.8 Å². The molecule has 2 N–H and O–H groups in total. The molecule has 0 aliphatic heterocycles. The van der Waals surface area contributed by atoms with Gasteiger partial charge in [-0.25, -0.2) is 4.79 Å². The van der Waals surface area contributed by atoms with Gasteiger partial charge in [0.2, 0.25) is 5.91 Å². The van der Waals surface area contributed by atoms with Crippen molar-refractivity contribution in [2.75, 3.05) is 0 Å². The normalized spacial score (nSPS) is 10.4. The van der Waals surface area contributed by atoms with Crippen molar-refractivity contribution in [3.05, 3.63) is 66.4 Å². The van der Waals surface area contributed by atoms with E-state index in [4.69, 9.17) is 11.6 Å². The number of amides is 1. The minimum absolute atomic E-state index is 0.185.